The van der Waals surface area contributed by atoms with Gasteiger partial charge in [-0.25, -0.2) is 0 Å². The Kier molecular flexibility index (Phi) is 5.64. The number of fused-ring (bicyclic) bond motifs is 1. The van der Waals surface area contributed by atoms with E-state index in [1.165, 1.54) is 23.2 Å². The summed E-state index contributed by atoms with van der Waals surface area (Å²) in [6.45, 7) is 4.24. The maximum atomic E-state index is 10.7. The lowest BCUT2D eigenvalue weighted by atomic mass is 10.1. The lowest BCUT2D eigenvalue weighted by molar-refractivity contribution is -0.384. The average Bonchev–Trinajstić information content (AvgIpc) is 3.22. The van der Waals surface area contributed by atoms with Crippen LogP contribution in [0.5, 0.6) is 5.75 Å². The molecular weight excluding hydrogens is 372 g/mol. The summed E-state index contributed by atoms with van der Waals surface area (Å²) in [5.74, 6) is 0.513. The number of nitro benzene ring substituents is 1. The Morgan fingerprint density at radius 3 is 2.59 bits per heavy atom. The average molecular weight is 396 g/mol. The van der Waals surface area contributed by atoms with Gasteiger partial charge in [-0.3, -0.25) is 15.0 Å². The standard InChI is InChI=1S/C21H24N4O4/c26-17(15-29-18-6-4-16(5-7-18)25(27)28)14-23-10-12-24(13-11-23)21-3-1-2-20-19(21)8-9-22-20/h1-9,17,22,26H,10-15H2. The molecule has 8 heteroatoms. The number of piperazine rings is 1. The number of benzene rings is 2. The van der Waals surface area contributed by atoms with E-state index in [1.54, 1.807) is 12.1 Å². The van der Waals surface area contributed by atoms with Crippen LogP contribution < -0.4 is 9.64 Å². The van der Waals surface area contributed by atoms with E-state index in [9.17, 15) is 15.2 Å². The first-order chi connectivity index (χ1) is 14.1. The number of aliphatic hydroxyl groups excluding tert-OH is 1. The molecule has 0 bridgehead atoms. The molecule has 2 aromatic carbocycles. The highest BCUT2D eigenvalue weighted by Crippen LogP contribution is 2.27. The molecular formula is C21H24N4O4. The van der Waals surface area contributed by atoms with Gasteiger partial charge in [0.25, 0.3) is 5.69 Å². The lowest BCUT2D eigenvalue weighted by Crippen LogP contribution is -2.49. The fraction of sp³-hybridized carbons (Fsp3) is 0.333. The van der Waals surface area contributed by atoms with Gasteiger partial charge < -0.3 is 19.7 Å². The molecule has 0 radical (unpaired) electrons. The number of nitrogens with one attached hydrogen (secondary N) is 1. The van der Waals surface area contributed by atoms with Gasteiger partial charge in [0.1, 0.15) is 18.5 Å². The highest BCUT2D eigenvalue weighted by atomic mass is 16.6. The van der Waals surface area contributed by atoms with E-state index in [-0.39, 0.29) is 12.3 Å². The molecule has 1 aliphatic heterocycles. The van der Waals surface area contributed by atoms with Crippen LogP contribution in [0.3, 0.4) is 0 Å². The predicted molar refractivity (Wildman–Crippen MR) is 112 cm³/mol. The minimum atomic E-state index is -0.621. The van der Waals surface area contributed by atoms with Crippen molar-refractivity contribution < 1.29 is 14.8 Å². The summed E-state index contributed by atoms with van der Waals surface area (Å²) in [4.78, 5) is 18.1. The zero-order valence-corrected chi connectivity index (χ0v) is 16.0. The van der Waals surface area contributed by atoms with Gasteiger partial charge in [0.15, 0.2) is 0 Å². The predicted octanol–water partition coefficient (Wildman–Crippen LogP) is 2.64. The first-order valence-corrected chi connectivity index (χ1v) is 9.69. The van der Waals surface area contributed by atoms with Crippen LogP contribution in [0, 0.1) is 10.1 Å². The second kappa shape index (κ2) is 8.50. The summed E-state index contributed by atoms with van der Waals surface area (Å²) in [7, 11) is 0. The number of aliphatic hydroxyl groups is 1. The van der Waals surface area contributed by atoms with Crippen molar-refractivity contribution in [2.45, 2.75) is 6.10 Å². The van der Waals surface area contributed by atoms with E-state index in [1.807, 2.05) is 6.20 Å². The Labute approximate surface area is 168 Å². The third-order valence-corrected chi connectivity index (χ3v) is 5.24. The van der Waals surface area contributed by atoms with Gasteiger partial charge in [0.05, 0.1) is 4.92 Å². The normalized spacial score (nSPS) is 16.1. The van der Waals surface area contributed by atoms with Gasteiger partial charge in [0, 0.05) is 67.6 Å². The monoisotopic (exact) mass is 396 g/mol. The van der Waals surface area contributed by atoms with E-state index in [2.05, 4.69) is 39.0 Å². The van der Waals surface area contributed by atoms with Crippen LogP contribution >= 0.6 is 0 Å². The minimum absolute atomic E-state index is 0.0195. The molecule has 1 aliphatic rings. The first kappa shape index (κ1) is 19.2. The zero-order chi connectivity index (χ0) is 20.2. The van der Waals surface area contributed by atoms with E-state index in [4.69, 9.17) is 4.74 Å². The molecule has 0 aliphatic carbocycles. The minimum Gasteiger partial charge on any atom is -0.491 e. The molecule has 1 atom stereocenters. The third kappa shape index (κ3) is 4.49. The molecule has 2 N–H and O–H groups in total. The van der Waals surface area contributed by atoms with Crippen molar-refractivity contribution in [1.82, 2.24) is 9.88 Å². The second-order valence-corrected chi connectivity index (χ2v) is 7.22. The van der Waals surface area contributed by atoms with Gasteiger partial charge in [-0.2, -0.15) is 0 Å². The van der Waals surface area contributed by atoms with Crippen molar-refractivity contribution in [2.75, 3.05) is 44.2 Å². The Morgan fingerprint density at radius 2 is 1.86 bits per heavy atom. The highest BCUT2D eigenvalue weighted by molar-refractivity contribution is 5.92. The fourth-order valence-electron chi connectivity index (χ4n) is 3.72. The topological polar surface area (TPSA) is 94.9 Å². The van der Waals surface area contributed by atoms with Crippen LogP contribution in [-0.4, -0.2) is 65.3 Å². The molecule has 4 rings (SSSR count). The number of aromatic amines is 1. The first-order valence-electron chi connectivity index (χ1n) is 9.69. The summed E-state index contributed by atoms with van der Waals surface area (Å²) in [6, 6.07) is 14.3. The number of nitrogens with zero attached hydrogens (tertiary/aromatic N) is 3. The van der Waals surface area contributed by atoms with Crippen molar-refractivity contribution in [1.29, 1.82) is 0 Å². The lowest BCUT2D eigenvalue weighted by Gasteiger charge is -2.37. The number of nitro groups is 1. The van der Waals surface area contributed by atoms with Gasteiger partial charge in [-0.15, -0.1) is 0 Å². The molecule has 29 heavy (non-hydrogen) atoms. The number of rotatable bonds is 7. The second-order valence-electron chi connectivity index (χ2n) is 7.22. The number of ether oxygens (including phenoxy) is 1. The molecule has 1 aromatic heterocycles. The van der Waals surface area contributed by atoms with E-state index >= 15 is 0 Å². The summed E-state index contributed by atoms with van der Waals surface area (Å²) < 4.78 is 5.56. The van der Waals surface area contributed by atoms with Crippen molar-refractivity contribution in [3.05, 3.63) is 64.8 Å². The van der Waals surface area contributed by atoms with Crippen LogP contribution in [0.1, 0.15) is 0 Å². The third-order valence-electron chi connectivity index (χ3n) is 5.24. The van der Waals surface area contributed by atoms with Crippen molar-refractivity contribution in [2.24, 2.45) is 0 Å². The number of H-pyrrole nitrogens is 1. The van der Waals surface area contributed by atoms with Crippen LogP contribution in [0.15, 0.2) is 54.7 Å². The smallest absolute Gasteiger partial charge is 0.269 e. The van der Waals surface area contributed by atoms with Gasteiger partial charge in [-0.1, -0.05) is 6.07 Å². The number of aromatic nitrogens is 1. The Hall–Kier alpha value is -3.10. The molecule has 1 saturated heterocycles. The molecule has 0 amide bonds. The number of non-ortho nitro benzene ring substituents is 1. The fourth-order valence-corrected chi connectivity index (χ4v) is 3.72. The van der Waals surface area contributed by atoms with E-state index in [0.29, 0.717) is 12.3 Å². The Bertz CT molecular complexity index is 964. The van der Waals surface area contributed by atoms with E-state index < -0.39 is 11.0 Å². The molecule has 3 aromatic rings. The highest BCUT2D eigenvalue weighted by Gasteiger charge is 2.21. The van der Waals surface area contributed by atoms with Crippen molar-refractivity contribution >= 4 is 22.3 Å². The zero-order valence-electron chi connectivity index (χ0n) is 16.0. The molecule has 0 spiro atoms. The SMILES string of the molecule is O=[N+]([O-])c1ccc(OCC(O)CN2CCN(c3cccc4[nH]ccc34)CC2)cc1. The summed E-state index contributed by atoms with van der Waals surface area (Å²) in [5.41, 5.74) is 2.40. The molecule has 1 unspecified atom stereocenters. The maximum Gasteiger partial charge on any atom is 0.269 e. The molecule has 0 saturated carbocycles. The number of hydrogen-bond donors (Lipinski definition) is 2. The van der Waals surface area contributed by atoms with Gasteiger partial charge in [0.2, 0.25) is 0 Å². The van der Waals surface area contributed by atoms with Crippen LogP contribution in [-0.2, 0) is 0 Å². The van der Waals surface area contributed by atoms with Crippen molar-refractivity contribution in [3.8, 4) is 5.75 Å². The molecule has 2 heterocycles. The van der Waals surface area contributed by atoms with Gasteiger partial charge in [-0.05, 0) is 30.3 Å². The van der Waals surface area contributed by atoms with Crippen LogP contribution in [0.25, 0.3) is 10.9 Å². The van der Waals surface area contributed by atoms with E-state index in [0.717, 1.165) is 31.7 Å². The summed E-state index contributed by atoms with van der Waals surface area (Å²) >= 11 is 0. The number of hydrogen-bond acceptors (Lipinski definition) is 6. The Balaban J connectivity index is 1.25. The summed E-state index contributed by atoms with van der Waals surface area (Å²) in [6.07, 6.45) is 1.34. The van der Waals surface area contributed by atoms with Crippen LogP contribution in [0.2, 0.25) is 0 Å². The molecule has 152 valence electrons. The quantitative estimate of drug-likeness (QED) is 0.471. The maximum absolute atomic E-state index is 10.7. The van der Waals surface area contributed by atoms with Gasteiger partial charge >= 0.3 is 0 Å². The van der Waals surface area contributed by atoms with Crippen molar-refractivity contribution in [3.63, 3.8) is 0 Å². The molecule has 1 fully saturated rings. The number of β-amino-alcohol motifs (C(OH)–C–C–N with tert-alkyl or cyclic N) is 1. The number of anilines is 1. The molecule has 8 nitrogen and oxygen atoms in total. The van der Waals surface area contributed by atoms with Crippen LogP contribution in [0.4, 0.5) is 11.4 Å². The summed E-state index contributed by atoms with van der Waals surface area (Å²) in [5, 5.41) is 22.2. The largest absolute Gasteiger partial charge is 0.491 e. The Morgan fingerprint density at radius 1 is 1.10 bits per heavy atom.